The predicted molar refractivity (Wildman–Crippen MR) is 40.2 cm³/mol. The topological polar surface area (TPSA) is 40.5 Å². The highest BCUT2D eigenvalue weighted by Crippen LogP contribution is 2.02. The molecule has 0 aromatic heterocycles. The summed E-state index contributed by atoms with van der Waals surface area (Å²) in [6, 6.07) is 0. The molecule has 0 fully saturated rings. The van der Waals surface area contributed by atoms with Crippen molar-refractivity contribution in [3.63, 3.8) is 0 Å². The van der Waals surface area contributed by atoms with Crippen LogP contribution < -0.4 is 0 Å². The fraction of sp³-hybridized carbons (Fsp3) is 1.00. The first-order valence-electron chi connectivity index (χ1n) is 3.08. The lowest BCUT2D eigenvalue weighted by Crippen LogP contribution is -2.34. The maximum Gasteiger partial charge on any atom is 0.0330 e. The van der Waals surface area contributed by atoms with Crippen LogP contribution in [0.3, 0.4) is 0 Å². The van der Waals surface area contributed by atoms with Gasteiger partial charge < -0.3 is 5.21 Å². The molecule has 0 aliphatic carbocycles. The van der Waals surface area contributed by atoms with E-state index in [1.54, 1.807) is 20.1 Å². The van der Waals surface area contributed by atoms with Crippen molar-refractivity contribution in [2.75, 3.05) is 18.6 Å². The van der Waals surface area contributed by atoms with Gasteiger partial charge in [-0.05, 0) is 17.0 Å². The van der Waals surface area contributed by atoms with E-state index in [-0.39, 0.29) is 0 Å². The highest BCUT2D eigenvalue weighted by molar-refractivity contribution is 8.00. The van der Waals surface area contributed by atoms with Crippen molar-refractivity contribution in [1.82, 2.24) is 4.47 Å². The van der Waals surface area contributed by atoms with Gasteiger partial charge in [-0.3, -0.25) is 4.21 Å². The first-order chi connectivity index (χ1) is 4.04. The zero-order valence-corrected chi connectivity index (χ0v) is 7.06. The second-order valence-corrected chi connectivity index (χ2v) is 5.25. The average Bonchev–Trinajstić information content (AvgIpc) is 1.86. The lowest BCUT2D eigenvalue weighted by atomic mass is 10.8. The zero-order valence-electron chi connectivity index (χ0n) is 6.16. The van der Waals surface area contributed by atoms with Crippen LogP contribution in [-0.4, -0.2) is 32.4 Å². The van der Waals surface area contributed by atoms with Crippen LogP contribution in [0.25, 0.3) is 0 Å². The largest absolute Gasteiger partial charge is 0.303 e. The molecule has 0 rings (SSSR count). The Labute approximate surface area is 57.2 Å². The molecule has 1 N–H and O–H groups in total. The van der Waals surface area contributed by atoms with E-state index < -0.39 is 10.1 Å². The Balaban J connectivity index is 3.98. The van der Waals surface area contributed by atoms with Crippen LogP contribution in [0.5, 0.6) is 0 Å². The van der Waals surface area contributed by atoms with E-state index in [4.69, 9.17) is 5.21 Å². The normalized spacial score (nSPS) is 14.3. The van der Waals surface area contributed by atoms with Gasteiger partial charge in [-0.2, -0.15) is 0 Å². The van der Waals surface area contributed by atoms with Gasteiger partial charge in [0, 0.05) is 18.6 Å². The Morgan fingerprint density at radius 1 is 1.56 bits per heavy atom. The fourth-order valence-corrected chi connectivity index (χ4v) is 1.39. The molecule has 0 atom stereocenters. The van der Waals surface area contributed by atoms with Crippen LogP contribution in [0.2, 0.25) is 0 Å². The van der Waals surface area contributed by atoms with Crippen molar-refractivity contribution in [2.45, 2.75) is 13.8 Å². The number of rotatable bonds is 3. The molecule has 0 amide bonds. The molecule has 0 bridgehead atoms. The molecule has 0 saturated carbocycles. The summed E-state index contributed by atoms with van der Waals surface area (Å²) in [6.45, 7) is 4.01. The van der Waals surface area contributed by atoms with Crippen molar-refractivity contribution in [2.24, 2.45) is 0 Å². The first-order valence-corrected chi connectivity index (χ1v) is 5.37. The average molecular weight is 153 g/mol. The molecule has 9 heavy (non-hydrogen) atoms. The zero-order chi connectivity index (χ0) is 7.49. The van der Waals surface area contributed by atoms with Crippen molar-refractivity contribution in [1.29, 1.82) is 0 Å². The summed E-state index contributed by atoms with van der Waals surface area (Å²) >= 11 is 0. The van der Waals surface area contributed by atoms with Crippen molar-refractivity contribution >= 4 is 10.1 Å². The molecule has 4 heteroatoms. The Morgan fingerprint density at radius 2 is 2.00 bits per heavy atom. The second kappa shape index (κ2) is 3.29. The molecule has 0 heterocycles. The van der Waals surface area contributed by atoms with E-state index in [2.05, 4.69) is 0 Å². The van der Waals surface area contributed by atoms with Gasteiger partial charge in [0.2, 0.25) is 0 Å². The smallest absolute Gasteiger partial charge is 0.0330 e. The van der Waals surface area contributed by atoms with Crippen LogP contribution in [0, 0.1) is 0 Å². The Kier molecular flexibility index (Phi) is 3.32. The molecule has 0 saturated heterocycles. The van der Waals surface area contributed by atoms with Crippen molar-refractivity contribution in [3.8, 4) is 0 Å². The number of thiol groups is 1. The van der Waals surface area contributed by atoms with Crippen LogP contribution in [0.1, 0.15) is 13.8 Å². The lowest BCUT2D eigenvalue weighted by Gasteiger charge is -2.24. The first kappa shape index (κ1) is 9.07. The fourth-order valence-electron chi connectivity index (χ4n) is 0.462. The summed E-state index contributed by atoms with van der Waals surface area (Å²) in [5.41, 5.74) is 0. The van der Waals surface area contributed by atoms with Gasteiger partial charge in [0.1, 0.15) is 0 Å². The summed E-state index contributed by atoms with van der Waals surface area (Å²) in [5.74, 6) is 0.525. The molecule has 0 spiro atoms. The van der Waals surface area contributed by atoms with E-state index in [1.165, 1.54) is 0 Å². The van der Waals surface area contributed by atoms with Gasteiger partial charge in [0.25, 0.3) is 0 Å². The number of hydrogen-bond donors (Lipinski definition) is 2. The molecule has 0 unspecified atom stereocenters. The highest BCUT2D eigenvalue weighted by atomic mass is 32.3. The number of nitrogens with zero attached hydrogens (tertiary/aromatic N) is 1. The summed E-state index contributed by atoms with van der Waals surface area (Å²) < 4.78 is 12.1. The van der Waals surface area contributed by atoms with E-state index in [1.807, 2.05) is 0 Å². The second-order valence-electron chi connectivity index (χ2n) is 2.06. The van der Waals surface area contributed by atoms with E-state index in [9.17, 15) is 4.21 Å². The molecule has 3 nitrogen and oxygen atoms in total. The van der Waals surface area contributed by atoms with Gasteiger partial charge in [-0.1, -0.05) is 6.92 Å². The van der Waals surface area contributed by atoms with E-state index >= 15 is 0 Å². The molecule has 0 aliphatic rings. The quantitative estimate of drug-likeness (QED) is 0.451. The summed E-state index contributed by atoms with van der Waals surface area (Å²) in [7, 11) is -2.38. The monoisotopic (exact) mass is 153 g/mol. The SMILES string of the molecule is CCN(O)[SH](C)(=O)CC. The van der Waals surface area contributed by atoms with E-state index in [0.717, 1.165) is 4.47 Å². The predicted octanol–water partition coefficient (Wildman–Crippen LogP) is 0.279. The van der Waals surface area contributed by atoms with Crippen LogP contribution in [0.4, 0.5) is 0 Å². The lowest BCUT2D eigenvalue weighted by molar-refractivity contribution is 0.0119. The third-order valence-electron chi connectivity index (χ3n) is 1.36. The molecule has 0 aromatic carbocycles. The van der Waals surface area contributed by atoms with Crippen LogP contribution >= 0.6 is 0 Å². The maximum atomic E-state index is 11.2. The van der Waals surface area contributed by atoms with Crippen molar-refractivity contribution in [3.05, 3.63) is 0 Å². The van der Waals surface area contributed by atoms with Crippen LogP contribution in [-0.2, 0) is 10.1 Å². The number of hydroxylamine groups is 1. The molecular formula is C5H15NO2S. The van der Waals surface area contributed by atoms with Gasteiger partial charge >= 0.3 is 0 Å². The molecule has 58 valence electrons. The van der Waals surface area contributed by atoms with E-state index in [0.29, 0.717) is 12.3 Å². The summed E-state index contributed by atoms with van der Waals surface area (Å²) in [4.78, 5) is 0. The van der Waals surface area contributed by atoms with Gasteiger partial charge in [-0.25, -0.2) is 0 Å². The molecule has 0 aliphatic heterocycles. The van der Waals surface area contributed by atoms with Gasteiger partial charge in [0.05, 0.1) is 0 Å². The van der Waals surface area contributed by atoms with Gasteiger partial charge in [0.15, 0.2) is 0 Å². The standard InChI is InChI=1S/C5H15NO2S/c1-4-6(7)9(3,8)5-2/h7,9H,4-5H2,1-3H3. The minimum absolute atomic E-state index is 0.432. The summed E-state index contributed by atoms with van der Waals surface area (Å²) in [5, 5.41) is 8.96. The van der Waals surface area contributed by atoms with Crippen molar-refractivity contribution < 1.29 is 9.42 Å². The Hall–Kier alpha value is 0.0700. The maximum absolute atomic E-state index is 11.2. The summed E-state index contributed by atoms with van der Waals surface area (Å²) in [6.07, 6.45) is 1.58. The minimum atomic E-state index is -2.38. The number of hydrogen-bond acceptors (Lipinski definition) is 2. The van der Waals surface area contributed by atoms with Gasteiger partial charge in [-0.15, -0.1) is 4.47 Å². The molecule has 0 radical (unpaired) electrons. The Bertz CT molecular complexity index is 126. The Morgan fingerprint density at radius 3 is 2.11 bits per heavy atom. The van der Waals surface area contributed by atoms with Crippen LogP contribution in [0.15, 0.2) is 0 Å². The highest BCUT2D eigenvalue weighted by Gasteiger charge is 2.11. The molecular weight excluding hydrogens is 138 g/mol. The third-order valence-corrected chi connectivity index (χ3v) is 3.79. The third kappa shape index (κ3) is 2.43. The molecule has 0 aromatic rings. The minimum Gasteiger partial charge on any atom is -0.303 e.